The van der Waals surface area contributed by atoms with Crippen LogP contribution in [0.15, 0.2) is 77.8 Å². The van der Waals surface area contributed by atoms with Gasteiger partial charge >= 0.3 is 135 Å². The molecule has 1 saturated heterocycles. The Morgan fingerprint density at radius 1 is 0.795 bits per heavy atom. The van der Waals surface area contributed by atoms with E-state index in [0.717, 1.165) is 29.9 Å². The van der Waals surface area contributed by atoms with Crippen LogP contribution in [0.5, 0.6) is 0 Å². The number of nitro groups is 1. The quantitative estimate of drug-likeness (QED) is 0.0656. The van der Waals surface area contributed by atoms with E-state index in [1.165, 1.54) is 56.9 Å². The fourth-order valence-corrected chi connectivity index (χ4v) is 7.51. The molecule has 0 atom stereocenters. The molecule has 1 aliphatic heterocycles. The summed E-state index contributed by atoms with van der Waals surface area (Å²) >= 11 is -1.91. The number of rotatable bonds is 6. The van der Waals surface area contributed by atoms with Crippen molar-refractivity contribution in [2.75, 3.05) is 22.9 Å². The molecule has 0 N–H and O–H groups in total. The molecule has 5 rings (SSSR count). The zero-order valence-corrected chi connectivity index (χ0v) is 29.0. The zero-order valence-electron chi connectivity index (χ0n) is 25.8. The molecule has 0 bridgehead atoms. The van der Waals surface area contributed by atoms with Crippen LogP contribution in [0, 0.1) is 58.3 Å². The first-order valence-corrected chi connectivity index (χ1v) is 19.7. The molecule has 4 aromatic rings. The number of hydrogen-bond donors (Lipinski definition) is 0. The molecule has 232 valence electrons. The molecule has 9 heteroatoms. The van der Waals surface area contributed by atoms with E-state index in [0.29, 0.717) is 0 Å². The second kappa shape index (κ2) is 15.1. The Labute approximate surface area is 273 Å². The number of hydrogen-bond acceptors (Lipinski definition) is 5. The van der Waals surface area contributed by atoms with E-state index in [9.17, 15) is 10.1 Å². The molecular formula is C35H37Cl2N4O2Ru-. The fraction of sp³-hybridized carbons (Fsp3) is 0.229. The van der Waals surface area contributed by atoms with Crippen molar-refractivity contribution in [1.29, 1.82) is 0 Å². The van der Waals surface area contributed by atoms with Gasteiger partial charge in [-0.25, -0.2) is 0 Å². The number of halogens is 2. The molecule has 0 radical (unpaired) electrons. The molecule has 44 heavy (non-hydrogen) atoms. The van der Waals surface area contributed by atoms with E-state index in [-0.39, 0.29) is 5.69 Å². The topological polar surface area (TPSA) is 62.0 Å². The average molecular weight is 718 g/mol. The van der Waals surface area contributed by atoms with Gasteiger partial charge in [0.15, 0.2) is 0 Å². The monoisotopic (exact) mass is 717 g/mol. The number of non-ortho nitro benzene ring substituents is 1. The number of nitrogens with zero attached hydrogens (tertiary/aromatic N) is 4. The Bertz CT molecular complexity index is 1610. The third-order valence-corrected chi connectivity index (χ3v) is 9.12. The van der Waals surface area contributed by atoms with Gasteiger partial charge in [0.25, 0.3) is 0 Å². The van der Waals surface area contributed by atoms with Gasteiger partial charge in [0.1, 0.15) is 0 Å². The molecule has 0 saturated carbocycles. The van der Waals surface area contributed by atoms with Gasteiger partial charge in [-0.15, -0.1) is 0 Å². The standard InChI is InChI=1S/C21H27N2.C14H10N2O2.2ClH.Ru/c1-14-9-16(3)20(17(4)10-14)22-7-8-23(13-22)21-18(5)11-15(2)12-19(21)6;1-11-4-2-3-5-14(11)15-10-12-6-8-13(9-7-12)16(17)18;;;/h9-13H,7-8H2,1-6H3;1-10H;2*1H;/q-1;;;;+2/p-2. The van der Waals surface area contributed by atoms with Crippen LogP contribution in [0.4, 0.5) is 22.7 Å². The Morgan fingerprint density at radius 3 is 1.73 bits per heavy atom. The summed E-state index contributed by atoms with van der Waals surface area (Å²) in [6.07, 6.45) is 1.65. The molecule has 1 aliphatic rings. The SMILES string of the molecule is Cc1cc(C)c(N2[CH-]N(c3c(C)cc(C)cc3C)CC2)c(C)c1.O=[N+]([O-])c1ccc(C=Nc2ccccc2[CH]=[Ru]([Cl])[Cl])cc1. The maximum absolute atomic E-state index is 10.6. The number of nitro benzene ring substituents is 1. The molecule has 0 aliphatic carbocycles. The zero-order chi connectivity index (χ0) is 32.0. The number of para-hydroxylation sites is 1. The van der Waals surface area contributed by atoms with E-state index in [4.69, 9.17) is 19.4 Å². The van der Waals surface area contributed by atoms with Gasteiger partial charge < -0.3 is 9.80 Å². The summed E-state index contributed by atoms with van der Waals surface area (Å²) in [4.78, 5) is 19.3. The van der Waals surface area contributed by atoms with Gasteiger partial charge in [-0.1, -0.05) is 35.4 Å². The van der Waals surface area contributed by atoms with Gasteiger partial charge in [0.2, 0.25) is 0 Å². The first-order valence-electron chi connectivity index (χ1n) is 14.2. The van der Waals surface area contributed by atoms with Gasteiger partial charge in [0.05, 0.1) is 0 Å². The van der Waals surface area contributed by atoms with Crippen molar-refractivity contribution >= 4 is 53.0 Å². The van der Waals surface area contributed by atoms with Crippen molar-refractivity contribution in [3.63, 3.8) is 0 Å². The van der Waals surface area contributed by atoms with Crippen molar-refractivity contribution in [2.45, 2.75) is 41.5 Å². The van der Waals surface area contributed by atoms with Crippen molar-refractivity contribution in [3.8, 4) is 0 Å². The Balaban J connectivity index is 0.000000202. The average Bonchev–Trinajstić information content (AvgIpc) is 3.40. The van der Waals surface area contributed by atoms with Gasteiger partial charge in [0, 0.05) is 24.5 Å². The summed E-state index contributed by atoms with van der Waals surface area (Å²) in [5.41, 5.74) is 13.3. The second-order valence-electron chi connectivity index (χ2n) is 11.0. The summed E-state index contributed by atoms with van der Waals surface area (Å²) in [7, 11) is 11.8. The van der Waals surface area contributed by atoms with Crippen molar-refractivity contribution in [3.05, 3.63) is 134 Å². The number of aliphatic imine (C=N–C) groups is 1. The third-order valence-electron chi connectivity index (χ3n) is 7.29. The summed E-state index contributed by atoms with van der Waals surface area (Å²) in [5, 5.41) is 10.6. The van der Waals surface area contributed by atoms with E-state index in [1.807, 2.05) is 28.9 Å². The van der Waals surface area contributed by atoms with E-state index in [1.54, 1.807) is 18.3 Å². The fourth-order valence-electron chi connectivity index (χ4n) is 5.69. The van der Waals surface area contributed by atoms with E-state index in [2.05, 4.69) is 87.3 Å². The van der Waals surface area contributed by atoms with Crippen molar-refractivity contribution in [2.24, 2.45) is 4.99 Å². The minimum atomic E-state index is -1.91. The molecule has 0 unspecified atom stereocenters. The van der Waals surface area contributed by atoms with Crippen LogP contribution in [0.3, 0.4) is 0 Å². The number of benzene rings is 4. The van der Waals surface area contributed by atoms with Crippen molar-refractivity contribution < 1.29 is 18.4 Å². The molecule has 0 amide bonds. The van der Waals surface area contributed by atoms with Gasteiger partial charge in [-0.2, -0.15) is 6.67 Å². The van der Waals surface area contributed by atoms with Crippen LogP contribution < -0.4 is 9.80 Å². The molecule has 1 heterocycles. The Kier molecular flexibility index (Phi) is 11.5. The van der Waals surface area contributed by atoms with Gasteiger partial charge in [-0.05, 0) is 63.8 Å². The first kappa shape index (κ1) is 33.5. The normalized spacial score (nSPS) is 13.1. The van der Waals surface area contributed by atoms with Crippen LogP contribution in [0.1, 0.15) is 44.5 Å². The molecule has 6 nitrogen and oxygen atoms in total. The van der Waals surface area contributed by atoms with Gasteiger partial charge in [-0.3, -0.25) is 0 Å². The van der Waals surface area contributed by atoms with Crippen molar-refractivity contribution in [1.82, 2.24) is 0 Å². The van der Waals surface area contributed by atoms with E-state index >= 15 is 0 Å². The van der Waals surface area contributed by atoms with Crippen LogP contribution >= 0.6 is 19.4 Å². The van der Waals surface area contributed by atoms with E-state index < -0.39 is 18.4 Å². The number of anilines is 2. The Hall–Kier alpha value is -3.38. The molecular weight excluding hydrogens is 680 g/mol. The first-order chi connectivity index (χ1) is 20.9. The Morgan fingerprint density at radius 2 is 1.27 bits per heavy atom. The summed E-state index contributed by atoms with van der Waals surface area (Å²) in [6, 6.07) is 22.8. The third kappa shape index (κ3) is 8.62. The number of aryl methyl sites for hydroxylation is 6. The second-order valence-corrected chi connectivity index (χ2v) is 16.7. The van der Waals surface area contributed by atoms with Crippen LogP contribution in [0.2, 0.25) is 0 Å². The van der Waals surface area contributed by atoms with Crippen LogP contribution in [-0.2, 0) is 13.5 Å². The van der Waals surface area contributed by atoms with Crippen LogP contribution in [0.25, 0.3) is 0 Å². The molecule has 4 aromatic carbocycles. The predicted octanol–water partition coefficient (Wildman–Crippen LogP) is 9.40. The molecule has 1 fully saturated rings. The summed E-state index contributed by atoms with van der Waals surface area (Å²) in [6.45, 7) is 17.6. The minimum absolute atomic E-state index is 0.0548. The maximum atomic E-state index is 10.6. The molecule has 0 aromatic heterocycles. The summed E-state index contributed by atoms with van der Waals surface area (Å²) < 4.78 is 1.83. The predicted molar refractivity (Wildman–Crippen MR) is 184 cm³/mol. The molecule has 0 spiro atoms. The summed E-state index contributed by atoms with van der Waals surface area (Å²) in [5.74, 6) is 0. The van der Waals surface area contributed by atoms with Crippen LogP contribution in [-0.4, -0.2) is 28.8 Å².